The smallest absolute Gasteiger partial charge is 0.238 e. The maximum atomic E-state index is 12.0. The maximum Gasteiger partial charge on any atom is 0.238 e. The summed E-state index contributed by atoms with van der Waals surface area (Å²) in [4.78, 5) is 12.0. The number of anilines is 1. The van der Waals surface area contributed by atoms with Gasteiger partial charge in [-0.15, -0.1) is 0 Å². The Balaban J connectivity index is 1.66. The number of amides is 1. The Morgan fingerprint density at radius 3 is 2.34 bits per heavy atom. The number of ether oxygens (including phenoxy) is 2. The summed E-state index contributed by atoms with van der Waals surface area (Å²) in [6.07, 6.45) is 1.82. The molecule has 0 saturated heterocycles. The standard InChI is InChI=1S/C22H29N3O3S/c1-4-17-9-6-8-16(3)21(17)23-22(29)25-24-20(26)10-7-15-28-19-13-11-18(12-14-19)27-5-2/h6,8-9,11-14H,4-5,7,10,15H2,1-3H3,(H,24,26)(H2,23,25,29). The Hall–Kier alpha value is -2.80. The molecule has 156 valence electrons. The number of hydrogen-bond donors (Lipinski definition) is 3. The molecule has 0 aliphatic carbocycles. The quantitative estimate of drug-likeness (QED) is 0.325. The number of hydrazine groups is 1. The van der Waals surface area contributed by atoms with E-state index in [2.05, 4.69) is 29.2 Å². The molecule has 0 radical (unpaired) electrons. The van der Waals surface area contributed by atoms with Crippen LogP contribution in [0, 0.1) is 6.92 Å². The zero-order valence-electron chi connectivity index (χ0n) is 17.2. The number of aryl methyl sites for hydroxylation is 2. The fourth-order valence-corrected chi connectivity index (χ4v) is 2.91. The Morgan fingerprint density at radius 1 is 1.00 bits per heavy atom. The van der Waals surface area contributed by atoms with Gasteiger partial charge in [-0.3, -0.25) is 15.6 Å². The molecule has 2 rings (SSSR count). The third-order valence-corrected chi connectivity index (χ3v) is 4.45. The van der Waals surface area contributed by atoms with E-state index in [0.717, 1.165) is 29.2 Å². The number of rotatable bonds is 9. The summed E-state index contributed by atoms with van der Waals surface area (Å²) in [6, 6.07) is 13.5. The van der Waals surface area contributed by atoms with Gasteiger partial charge < -0.3 is 14.8 Å². The first-order valence-corrected chi connectivity index (χ1v) is 10.2. The van der Waals surface area contributed by atoms with Gasteiger partial charge in [0, 0.05) is 12.1 Å². The van der Waals surface area contributed by atoms with Crippen molar-refractivity contribution >= 4 is 28.9 Å². The third kappa shape index (κ3) is 7.62. The monoisotopic (exact) mass is 415 g/mol. The van der Waals surface area contributed by atoms with Crippen molar-refractivity contribution in [2.45, 2.75) is 40.0 Å². The summed E-state index contributed by atoms with van der Waals surface area (Å²) in [5, 5.41) is 3.51. The van der Waals surface area contributed by atoms with Gasteiger partial charge in [0.05, 0.1) is 13.2 Å². The normalized spacial score (nSPS) is 10.2. The first-order chi connectivity index (χ1) is 14.0. The van der Waals surface area contributed by atoms with Gasteiger partial charge in [0.1, 0.15) is 11.5 Å². The molecule has 2 aromatic carbocycles. The van der Waals surface area contributed by atoms with Crippen molar-refractivity contribution in [1.29, 1.82) is 0 Å². The van der Waals surface area contributed by atoms with Crippen molar-refractivity contribution in [3.63, 3.8) is 0 Å². The van der Waals surface area contributed by atoms with Crippen molar-refractivity contribution < 1.29 is 14.3 Å². The molecule has 1 amide bonds. The summed E-state index contributed by atoms with van der Waals surface area (Å²) >= 11 is 5.28. The van der Waals surface area contributed by atoms with Crippen LogP contribution in [-0.2, 0) is 11.2 Å². The molecule has 2 aromatic rings. The summed E-state index contributed by atoms with van der Waals surface area (Å²) in [5.74, 6) is 1.42. The summed E-state index contributed by atoms with van der Waals surface area (Å²) in [7, 11) is 0. The largest absolute Gasteiger partial charge is 0.494 e. The molecular formula is C22H29N3O3S. The maximum absolute atomic E-state index is 12.0. The topological polar surface area (TPSA) is 71.6 Å². The number of benzene rings is 2. The molecule has 0 saturated carbocycles. The first kappa shape index (κ1) is 22.5. The molecule has 3 N–H and O–H groups in total. The lowest BCUT2D eigenvalue weighted by molar-refractivity contribution is -0.121. The minimum atomic E-state index is -0.148. The highest BCUT2D eigenvalue weighted by molar-refractivity contribution is 7.80. The minimum Gasteiger partial charge on any atom is -0.494 e. The van der Waals surface area contributed by atoms with E-state index in [9.17, 15) is 4.79 Å². The van der Waals surface area contributed by atoms with Crippen molar-refractivity contribution in [3.8, 4) is 11.5 Å². The van der Waals surface area contributed by atoms with E-state index in [0.29, 0.717) is 31.2 Å². The average Bonchev–Trinajstić information content (AvgIpc) is 2.72. The minimum absolute atomic E-state index is 0.148. The van der Waals surface area contributed by atoms with Crippen molar-refractivity contribution in [1.82, 2.24) is 10.9 Å². The predicted molar refractivity (Wildman–Crippen MR) is 120 cm³/mol. The van der Waals surface area contributed by atoms with Gasteiger partial charge in [-0.2, -0.15) is 0 Å². The van der Waals surface area contributed by atoms with Gasteiger partial charge in [-0.25, -0.2) is 0 Å². The van der Waals surface area contributed by atoms with Gasteiger partial charge in [0.2, 0.25) is 5.91 Å². The highest BCUT2D eigenvalue weighted by Crippen LogP contribution is 2.21. The van der Waals surface area contributed by atoms with E-state index >= 15 is 0 Å². The summed E-state index contributed by atoms with van der Waals surface area (Å²) in [5.41, 5.74) is 8.62. The molecule has 0 bridgehead atoms. The number of thiocarbonyl (C=S) groups is 1. The molecule has 0 heterocycles. The second-order valence-corrected chi connectivity index (χ2v) is 6.85. The first-order valence-electron chi connectivity index (χ1n) is 9.83. The van der Waals surface area contributed by atoms with E-state index in [1.165, 1.54) is 5.56 Å². The van der Waals surface area contributed by atoms with Crippen molar-refractivity contribution in [2.24, 2.45) is 0 Å². The number of carbonyl (C=O) groups excluding carboxylic acids is 1. The van der Waals surface area contributed by atoms with Gasteiger partial charge in [0.15, 0.2) is 5.11 Å². The van der Waals surface area contributed by atoms with Gasteiger partial charge in [-0.05, 0) is 74.3 Å². The fraction of sp³-hybridized carbons (Fsp3) is 0.364. The summed E-state index contributed by atoms with van der Waals surface area (Å²) < 4.78 is 11.0. The summed E-state index contributed by atoms with van der Waals surface area (Å²) in [6.45, 7) is 7.14. The zero-order chi connectivity index (χ0) is 21.1. The Bertz CT molecular complexity index is 809. The average molecular weight is 416 g/mol. The molecule has 0 spiro atoms. The Labute approximate surface area is 178 Å². The van der Waals surface area contributed by atoms with Gasteiger partial charge in [0.25, 0.3) is 0 Å². The van der Waals surface area contributed by atoms with E-state index in [1.54, 1.807) is 0 Å². The SMILES string of the molecule is CCOc1ccc(OCCCC(=O)NNC(=S)Nc2c(C)cccc2CC)cc1. The van der Waals surface area contributed by atoms with Crippen LogP contribution in [0.3, 0.4) is 0 Å². The Morgan fingerprint density at radius 2 is 1.69 bits per heavy atom. The van der Waals surface area contributed by atoms with Crippen LogP contribution in [0.1, 0.15) is 37.8 Å². The zero-order valence-corrected chi connectivity index (χ0v) is 18.0. The molecule has 0 aromatic heterocycles. The van der Waals surface area contributed by atoms with Gasteiger partial charge in [-0.1, -0.05) is 25.1 Å². The third-order valence-electron chi connectivity index (χ3n) is 4.25. The van der Waals surface area contributed by atoms with Gasteiger partial charge >= 0.3 is 0 Å². The molecule has 0 fully saturated rings. The highest BCUT2D eigenvalue weighted by Gasteiger charge is 2.07. The molecule has 0 unspecified atom stereocenters. The fourth-order valence-electron chi connectivity index (χ4n) is 2.76. The lowest BCUT2D eigenvalue weighted by atomic mass is 10.1. The number of nitrogens with one attached hydrogen (secondary N) is 3. The number of hydrogen-bond acceptors (Lipinski definition) is 4. The molecule has 7 heteroatoms. The lowest BCUT2D eigenvalue weighted by Gasteiger charge is -2.16. The predicted octanol–water partition coefficient (Wildman–Crippen LogP) is 4.13. The highest BCUT2D eigenvalue weighted by atomic mass is 32.1. The van der Waals surface area contributed by atoms with Crippen molar-refractivity contribution in [2.75, 3.05) is 18.5 Å². The second-order valence-electron chi connectivity index (χ2n) is 6.45. The second kappa shape index (κ2) is 11.9. The van der Waals surface area contributed by atoms with E-state index < -0.39 is 0 Å². The lowest BCUT2D eigenvalue weighted by Crippen LogP contribution is -2.44. The van der Waals surface area contributed by atoms with E-state index in [1.807, 2.05) is 50.2 Å². The van der Waals surface area contributed by atoms with Crippen LogP contribution in [0.5, 0.6) is 11.5 Å². The van der Waals surface area contributed by atoms with Crippen LogP contribution < -0.4 is 25.6 Å². The van der Waals surface area contributed by atoms with E-state index in [-0.39, 0.29) is 5.91 Å². The van der Waals surface area contributed by atoms with Crippen LogP contribution in [0.2, 0.25) is 0 Å². The molecule has 0 aliphatic rings. The molecule has 0 aliphatic heterocycles. The van der Waals surface area contributed by atoms with Crippen LogP contribution >= 0.6 is 12.2 Å². The molecular weight excluding hydrogens is 386 g/mol. The van der Waals surface area contributed by atoms with Crippen LogP contribution in [0.25, 0.3) is 0 Å². The molecule has 0 atom stereocenters. The number of carbonyl (C=O) groups is 1. The van der Waals surface area contributed by atoms with Crippen molar-refractivity contribution in [3.05, 3.63) is 53.6 Å². The molecule has 29 heavy (non-hydrogen) atoms. The van der Waals surface area contributed by atoms with E-state index in [4.69, 9.17) is 21.7 Å². The van der Waals surface area contributed by atoms with Crippen LogP contribution in [-0.4, -0.2) is 24.2 Å². The van der Waals surface area contributed by atoms with Crippen LogP contribution in [0.15, 0.2) is 42.5 Å². The molecule has 6 nitrogen and oxygen atoms in total. The Kier molecular flexibility index (Phi) is 9.24. The number of para-hydroxylation sites is 1. The van der Waals surface area contributed by atoms with Crippen LogP contribution in [0.4, 0.5) is 5.69 Å².